The van der Waals surface area contributed by atoms with Crippen molar-refractivity contribution in [2.45, 2.75) is 0 Å². The van der Waals surface area contributed by atoms with E-state index in [0.717, 1.165) is 17.1 Å². The molecule has 0 bridgehead atoms. The maximum Gasteiger partial charge on any atom is 0.138 e. The fourth-order valence-corrected chi connectivity index (χ4v) is 6.76. The summed E-state index contributed by atoms with van der Waals surface area (Å²) in [7, 11) is 0. The molecule has 1 aliphatic carbocycles. The topological polar surface area (TPSA) is 17.8 Å². The standard InChI is InChI=1S/C39H24N2/c1-3-11-25(12-4-1)28-23-27-21-22-35-39-37(27)32(24-28)30-16-8-7-15-29(30)31-17-9-19-34(38(31)39)41(35)36-20-10-18-33(40-36)26-13-5-2-6-14-26/h1-24H. The number of pyridine rings is 1. The van der Waals surface area contributed by atoms with Gasteiger partial charge in [0.05, 0.1) is 16.7 Å². The number of hydrogen-bond acceptors (Lipinski definition) is 1. The van der Waals surface area contributed by atoms with Crippen LogP contribution in [-0.4, -0.2) is 9.55 Å². The lowest BCUT2D eigenvalue weighted by molar-refractivity contribution is 1.08. The van der Waals surface area contributed by atoms with E-state index in [2.05, 4.69) is 144 Å². The molecule has 0 spiro atoms. The molecule has 0 unspecified atom stereocenters. The molecule has 8 aromatic rings. The average Bonchev–Trinajstić information content (AvgIpc) is 3.33. The minimum absolute atomic E-state index is 0.930. The minimum atomic E-state index is 0.930. The van der Waals surface area contributed by atoms with Gasteiger partial charge in [-0.3, -0.25) is 4.57 Å². The molecule has 9 rings (SSSR count). The number of nitrogens with zero attached hydrogens (tertiary/aromatic N) is 2. The molecule has 0 N–H and O–H groups in total. The monoisotopic (exact) mass is 520 g/mol. The van der Waals surface area contributed by atoms with Crippen molar-refractivity contribution in [2.24, 2.45) is 0 Å². The van der Waals surface area contributed by atoms with Crippen LogP contribution in [0.25, 0.3) is 83.0 Å². The smallest absolute Gasteiger partial charge is 0.138 e. The third kappa shape index (κ3) is 3.22. The lowest BCUT2D eigenvalue weighted by atomic mass is 9.90. The first kappa shape index (κ1) is 22.4. The van der Waals surface area contributed by atoms with Crippen molar-refractivity contribution in [3.8, 4) is 50.5 Å². The van der Waals surface area contributed by atoms with E-state index in [0.29, 0.717) is 0 Å². The quantitative estimate of drug-likeness (QED) is 0.227. The van der Waals surface area contributed by atoms with Gasteiger partial charge >= 0.3 is 0 Å². The minimum Gasteiger partial charge on any atom is -0.294 e. The molecular weight excluding hydrogens is 496 g/mol. The van der Waals surface area contributed by atoms with E-state index in [-0.39, 0.29) is 0 Å². The van der Waals surface area contributed by atoms with Crippen molar-refractivity contribution in [3.05, 3.63) is 146 Å². The van der Waals surface area contributed by atoms with Crippen LogP contribution in [0, 0.1) is 0 Å². The van der Waals surface area contributed by atoms with Crippen molar-refractivity contribution in [1.82, 2.24) is 9.55 Å². The van der Waals surface area contributed by atoms with E-state index in [4.69, 9.17) is 4.98 Å². The Labute approximate surface area is 237 Å². The second kappa shape index (κ2) is 8.51. The van der Waals surface area contributed by atoms with Crippen LogP contribution in [0.4, 0.5) is 0 Å². The molecule has 2 heteroatoms. The summed E-state index contributed by atoms with van der Waals surface area (Å²) in [6, 6.07) is 52.4. The number of fused-ring (bicyclic) bond motifs is 3. The summed E-state index contributed by atoms with van der Waals surface area (Å²) in [5.41, 5.74) is 12.0. The summed E-state index contributed by atoms with van der Waals surface area (Å²) in [5.74, 6) is 0.930. The summed E-state index contributed by atoms with van der Waals surface area (Å²) in [6.07, 6.45) is 0. The van der Waals surface area contributed by atoms with Gasteiger partial charge in [-0.05, 0) is 80.6 Å². The van der Waals surface area contributed by atoms with Gasteiger partial charge in [0.1, 0.15) is 5.82 Å². The van der Waals surface area contributed by atoms with E-state index in [1.807, 2.05) is 6.07 Å². The van der Waals surface area contributed by atoms with Crippen molar-refractivity contribution >= 4 is 32.6 Å². The second-order valence-electron chi connectivity index (χ2n) is 10.8. The Bertz CT molecular complexity index is 2290. The Kier molecular flexibility index (Phi) is 4.64. The van der Waals surface area contributed by atoms with Crippen molar-refractivity contribution in [2.75, 3.05) is 0 Å². The van der Waals surface area contributed by atoms with Crippen LogP contribution in [0.3, 0.4) is 0 Å². The van der Waals surface area contributed by atoms with E-state index in [1.54, 1.807) is 0 Å². The molecule has 6 aromatic carbocycles. The largest absolute Gasteiger partial charge is 0.294 e. The van der Waals surface area contributed by atoms with Crippen LogP contribution in [0.15, 0.2) is 146 Å². The summed E-state index contributed by atoms with van der Waals surface area (Å²) >= 11 is 0. The molecule has 2 aromatic heterocycles. The molecule has 190 valence electrons. The second-order valence-corrected chi connectivity index (χ2v) is 10.8. The van der Waals surface area contributed by atoms with Gasteiger partial charge in [-0.15, -0.1) is 0 Å². The van der Waals surface area contributed by atoms with Gasteiger partial charge in [-0.25, -0.2) is 4.98 Å². The Hall–Kier alpha value is -5.47. The predicted molar refractivity (Wildman–Crippen MR) is 171 cm³/mol. The van der Waals surface area contributed by atoms with Crippen molar-refractivity contribution in [1.29, 1.82) is 0 Å². The molecule has 2 nitrogen and oxygen atoms in total. The number of hydrogen-bond donors (Lipinski definition) is 0. The molecule has 0 radical (unpaired) electrons. The van der Waals surface area contributed by atoms with E-state index in [1.165, 1.54) is 66.0 Å². The molecule has 0 saturated carbocycles. The summed E-state index contributed by atoms with van der Waals surface area (Å²) in [6.45, 7) is 0. The predicted octanol–water partition coefficient (Wildman–Crippen LogP) is 10.3. The van der Waals surface area contributed by atoms with Gasteiger partial charge < -0.3 is 0 Å². The average molecular weight is 521 g/mol. The maximum atomic E-state index is 5.20. The van der Waals surface area contributed by atoms with Gasteiger partial charge in [0, 0.05) is 16.3 Å². The van der Waals surface area contributed by atoms with Crippen LogP contribution in [0.5, 0.6) is 0 Å². The summed E-state index contributed by atoms with van der Waals surface area (Å²) in [5, 5.41) is 5.15. The fourth-order valence-electron chi connectivity index (χ4n) is 6.76. The maximum absolute atomic E-state index is 5.20. The first-order valence-corrected chi connectivity index (χ1v) is 14.1. The molecule has 0 aliphatic heterocycles. The zero-order valence-corrected chi connectivity index (χ0v) is 22.3. The van der Waals surface area contributed by atoms with E-state index in [9.17, 15) is 0 Å². The molecule has 0 fully saturated rings. The first-order valence-electron chi connectivity index (χ1n) is 14.1. The lowest BCUT2D eigenvalue weighted by Gasteiger charge is -2.15. The lowest BCUT2D eigenvalue weighted by Crippen LogP contribution is -1.99. The van der Waals surface area contributed by atoms with Crippen LogP contribution < -0.4 is 0 Å². The van der Waals surface area contributed by atoms with Crippen LogP contribution in [0.1, 0.15) is 0 Å². The Balaban J connectivity index is 1.43. The highest BCUT2D eigenvalue weighted by molar-refractivity contribution is 6.30. The Morgan fingerprint density at radius 2 is 1.05 bits per heavy atom. The Morgan fingerprint density at radius 1 is 0.390 bits per heavy atom. The van der Waals surface area contributed by atoms with Gasteiger partial charge in [0.2, 0.25) is 0 Å². The molecule has 0 saturated heterocycles. The Morgan fingerprint density at radius 3 is 1.85 bits per heavy atom. The highest BCUT2D eigenvalue weighted by atomic mass is 15.1. The highest BCUT2D eigenvalue weighted by Crippen LogP contribution is 2.50. The van der Waals surface area contributed by atoms with Crippen LogP contribution in [-0.2, 0) is 0 Å². The first-order chi connectivity index (χ1) is 20.3. The SMILES string of the molecule is c1ccc(-c2cc3c4c(ccc5c4c4c(cccc4n5-c4cccc(-c5ccccc5)n4)-c4ccccc4-3)c2)cc1. The molecule has 1 aliphatic rings. The molecular formula is C39H24N2. The number of benzene rings is 6. The van der Waals surface area contributed by atoms with Crippen molar-refractivity contribution in [3.63, 3.8) is 0 Å². The summed E-state index contributed by atoms with van der Waals surface area (Å²) < 4.78 is 2.35. The number of aromatic nitrogens is 2. The highest BCUT2D eigenvalue weighted by Gasteiger charge is 2.25. The zero-order chi connectivity index (χ0) is 26.9. The van der Waals surface area contributed by atoms with Gasteiger partial charge in [0.15, 0.2) is 0 Å². The zero-order valence-electron chi connectivity index (χ0n) is 22.3. The molecule has 2 heterocycles. The van der Waals surface area contributed by atoms with E-state index >= 15 is 0 Å². The van der Waals surface area contributed by atoms with Crippen LogP contribution in [0.2, 0.25) is 0 Å². The van der Waals surface area contributed by atoms with Gasteiger partial charge in [-0.1, -0.05) is 109 Å². The molecule has 0 amide bonds. The molecule has 41 heavy (non-hydrogen) atoms. The number of rotatable bonds is 3. The van der Waals surface area contributed by atoms with E-state index < -0.39 is 0 Å². The van der Waals surface area contributed by atoms with Crippen LogP contribution >= 0.6 is 0 Å². The van der Waals surface area contributed by atoms with Crippen molar-refractivity contribution < 1.29 is 0 Å². The molecule has 0 atom stereocenters. The van der Waals surface area contributed by atoms with Gasteiger partial charge in [0.25, 0.3) is 0 Å². The third-order valence-electron chi connectivity index (χ3n) is 8.52. The van der Waals surface area contributed by atoms with Gasteiger partial charge in [-0.2, -0.15) is 0 Å². The summed E-state index contributed by atoms with van der Waals surface area (Å²) in [4.78, 5) is 5.20. The third-order valence-corrected chi connectivity index (χ3v) is 8.52. The normalized spacial score (nSPS) is 11.9. The fraction of sp³-hybridized carbons (Fsp3) is 0.